The molecular formula is C16H13BrO3S. The molecule has 0 unspecified atom stereocenters. The SMILES string of the molecule is CCOC(=O)/C(=C\c1ccccc1)C(=O)c1ccc(Br)s1. The summed E-state index contributed by atoms with van der Waals surface area (Å²) < 4.78 is 5.83. The van der Waals surface area contributed by atoms with Crippen LogP contribution in [0, 0.1) is 0 Å². The summed E-state index contributed by atoms with van der Waals surface area (Å²) >= 11 is 4.60. The van der Waals surface area contributed by atoms with Crippen LogP contribution in [0.1, 0.15) is 22.2 Å². The molecule has 0 atom stereocenters. The predicted molar refractivity (Wildman–Crippen MR) is 87.4 cm³/mol. The van der Waals surface area contributed by atoms with E-state index in [4.69, 9.17) is 4.74 Å². The van der Waals surface area contributed by atoms with Crippen LogP contribution in [0.25, 0.3) is 6.08 Å². The number of ketones is 1. The minimum atomic E-state index is -0.601. The third-order valence-electron chi connectivity index (χ3n) is 2.65. The number of Topliss-reactive ketones (excluding diaryl/α,β-unsaturated/α-hetero) is 1. The van der Waals surface area contributed by atoms with E-state index in [0.717, 1.165) is 9.35 Å². The Kier molecular flexibility index (Phi) is 5.47. The molecule has 0 saturated heterocycles. The molecule has 0 bridgehead atoms. The first kappa shape index (κ1) is 15.7. The number of esters is 1. The Hall–Kier alpha value is -1.72. The van der Waals surface area contributed by atoms with Crippen molar-refractivity contribution >= 4 is 45.1 Å². The molecular weight excluding hydrogens is 352 g/mol. The van der Waals surface area contributed by atoms with E-state index >= 15 is 0 Å². The number of hydrogen-bond donors (Lipinski definition) is 0. The Balaban J connectivity index is 2.39. The molecule has 0 radical (unpaired) electrons. The van der Waals surface area contributed by atoms with Gasteiger partial charge in [-0.15, -0.1) is 11.3 Å². The standard InChI is InChI=1S/C16H13BrO3S/c1-2-20-16(19)12(10-11-6-4-3-5-7-11)15(18)13-8-9-14(17)21-13/h3-10H,2H2,1H3/b12-10-. The van der Waals surface area contributed by atoms with Crippen molar-refractivity contribution in [3.05, 3.63) is 62.3 Å². The van der Waals surface area contributed by atoms with Crippen LogP contribution < -0.4 is 0 Å². The van der Waals surface area contributed by atoms with Crippen LogP contribution in [0.5, 0.6) is 0 Å². The summed E-state index contributed by atoms with van der Waals surface area (Å²) in [5.41, 5.74) is 0.821. The second-order valence-corrected chi connectivity index (χ2v) is 6.59. The van der Waals surface area contributed by atoms with Crippen LogP contribution >= 0.6 is 27.3 Å². The Morgan fingerprint density at radius 1 is 1.19 bits per heavy atom. The maximum Gasteiger partial charge on any atom is 0.342 e. The number of carbonyl (C=O) groups is 2. The molecule has 21 heavy (non-hydrogen) atoms. The molecule has 2 aromatic rings. The first-order chi connectivity index (χ1) is 10.1. The lowest BCUT2D eigenvalue weighted by molar-refractivity contribution is -0.137. The minimum absolute atomic E-state index is 0.0393. The van der Waals surface area contributed by atoms with E-state index in [1.807, 2.05) is 30.3 Å². The van der Waals surface area contributed by atoms with E-state index < -0.39 is 5.97 Å². The van der Waals surface area contributed by atoms with Crippen molar-refractivity contribution in [1.29, 1.82) is 0 Å². The molecule has 0 saturated carbocycles. The molecule has 1 aromatic heterocycles. The minimum Gasteiger partial charge on any atom is -0.462 e. The van der Waals surface area contributed by atoms with Gasteiger partial charge in [0.15, 0.2) is 0 Å². The molecule has 0 aliphatic carbocycles. The van der Waals surface area contributed by atoms with Crippen molar-refractivity contribution in [1.82, 2.24) is 0 Å². The van der Waals surface area contributed by atoms with Gasteiger partial charge in [-0.1, -0.05) is 30.3 Å². The molecule has 0 fully saturated rings. The Bertz CT molecular complexity index is 674. The van der Waals surface area contributed by atoms with Crippen molar-refractivity contribution < 1.29 is 14.3 Å². The van der Waals surface area contributed by atoms with Gasteiger partial charge in [0.1, 0.15) is 5.57 Å². The van der Waals surface area contributed by atoms with E-state index in [-0.39, 0.29) is 18.0 Å². The second-order valence-electron chi connectivity index (χ2n) is 4.12. The fourth-order valence-corrected chi connectivity index (χ4v) is 3.05. The van der Waals surface area contributed by atoms with Crippen LogP contribution in [0.3, 0.4) is 0 Å². The smallest absolute Gasteiger partial charge is 0.342 e. The number of hydrogen-bond acceptors (Lipinski definition) is 4. The van der Waals surface area contributed by atoms with Crippen LogP contribution in [-0.2, 0) is 9.53 Å². The molecule has 3 nitrogen and oxygen atoms in total. The van der Waals surface area contributed by atoms with E-state index in [1.165, 1.54) is 11.3 Å². The average molecular weight is 365 g/mol. The van der Waals surface area contributed by atoms with E-state index in [0.29, 0.717) is 4.88 Å². The summed E-state index contributed by atoms with van der Waals surface area (Å²) in [4.78, 5) is 25.0. The van der Waals surface area contributed by atoms with Gasteiger partial charge >= 0.3 is 5.97 Å². The zero-order chi connectivity index (χ0) is 15.2. The van der Waals surface area contributed by atoms with Crippen molar-refractivity contribution in [2.45, 2.75) is 6.92 Å². The Morgan fingerprint density at radius 3 is 2.48 bits per heavy atom. The second kappa shape index (κ2) is 7.33. The maximum absolute atomic E-state index is 12.5. The van der Waals surface area contributed by atoms with E-state index in [9.17, 15) is 9.59 Å². The van der Waals surface area contributed by atoms with E-state index in [2.05, 4.69) is 15.9 Å². The van der Waals surface area contributed by atoms with Gasteiger partial charge in [0.2, 0.25) is 5.78 Å². The molecule has 0 spiro atoms. The van der Waals surface area contributed by atoms with Gasteiger partial charge in [0.05, 0.1) is 15.3 Å². The monoisotopic (exact) mass is 364 g/mol. The van der Waals surface area contributed by atoms with Crippen molar-refractivity contribution in [3.63, 3.8) is 0 Å². The lowest BCUT2D eigenvalue weighted by atomic mass is 10.1. The molecule has 5 heteroatoms. The number of halogens is 1. The number of ether oxygens (including phenoxy) is 1. The maximum atomic E-state index is 12.5. The average Bonchev–Trinajstić information content (AvgIpc) is 2.92. The van der Waals surface area contributed by atoms with Crippen molar-refractivity contribution in [2.75, 3.05) is 6.61 Å². The molecule has 0 amide bonds. The van der Waals surface area contributed by atoms with Gasteiger partial charge in [-0.25, -0.2) is 4.79 Å². The van der Waals surface area contributed by atoms with E-state index in [1.54, 1.807) is 25.1 Å². The number of benzene rings is 1. The summed E-state index contributed by atoms with van der Waals surface area (Å²) in [7, 11) is 0. The third kappa shape index (κ3) is 4.12. The quantitative estimate of drug-likeness (QED) is 0.260. The van der Waals surface area contributed by atoms with Crippen molar-refractivity contribution in [3.8, 4) is 0 Å². The topological polar surface area (TPSA) is 43.4 Å². The first-order valence-electron chi connectivity index (χ1n) is 6.35. The fraction of sp³-hybridized carbons (Fsp3) is 0.125. The van der Waals surface area contributed by atoms with Gasteiger partial charge in [-0.2, -0.15) is 0 Å². The Labute approximate surface area is 135 Å². The van der Waals surface area contributed by atoms with Gasteiger partial charge in [-0.05, 0) is 46.6 Å². The van der Waals surface area contributed by atoms with Gasteiger partial charge < -0.3 is 4.74 Å². The zero-order valence-corrected chi connectivity index (χ0v) is 13.7. The van der Waals surface area contributed by atoms with Gasteiger partial charge in [0, 0.05) is 0 Å². The van der Waals surface area contributed by atoms with Crippen LogP contribution in [0.2, 0.25) is 0 Å². The van der Waals surface area contributed by atoms with Crippen LogP contribution in [0.4, 0.5) is 0 Å². The number of thiophene rings is 1. The first-order valence-corrected chi connectivity index (χ1v) is 7.96. The molecule has 0 aliphatic heterocycles. The molecule has 0 N–H and O–H groups in total. The lowest BCUT2D eigenvalue weighted by Crippen LogP contribution is -2.15. The molecule has 1 heterocycles. The van der Waals surface area contributed by atoms with Crippen molar-refractivity contribution in [2.24, 2.45) is 0 Å². The highest BCUT2D eigenvalue weighted by Gasteiger charge is 2.22. The molecule has 108 valence electrons. The third-order valence-corrected chi connectivity index (χ3v) is 4.27. The van der Waals surface area contributed by atoms with Crippen LogP contribution in [-0.4, -0.2) is 18.4 Å². The van der Waals surface area contributed by atoms with Gasteiger partial charge in [0.25, 0.3) is 0 Å². The Morgan fingerprint density at radius 2 is 1.90 bits per heavy atom. The van der Waals surface area contributed by atoms with Gasteiger partial charge in [-0.3, -0.25) is 4.79 Å². The number of rotatable bonds is 5. The summed E-state index contributed by atoms with van der Waals surface area (Å²) in [6.07, 6.45) is 1.56. The predicted octanol–water partition coefficient (Wildman–Crippen LogP) is 4.34. The van der Waals surface area contributed by atoms with Crippen LogP contribution in [0.15, 0.2) is 51.8 Å². The lowest BCUT2D eigenvalue weighted by Gasteiger charge is -2.05. The highest BCUT2D eigenvalue weighted by atomic mass is 79.9. The highest BCUT2D eigenvalue weighted by molar-refractivity contribution is 9.11. The fourth-order valence-electron chi connectivity index (χ4n) is 1.71. The number of carbonyl (C=O) groups excluding carboxylic acids is 2. The zero-order valence-electron chi connectivity index (χ0n) is 11.3. The summed E-state index contributed by atoms with van der Waals surface area (Å²) in [6.45, 7) is 1.94. The normalized spacial score (nSPS) is 11.2. The molecule has 1 aromatic carbocycles. The molecule has 0 aliphatic rings. The summed E-state index contributed by atoms with van der Waals surface area (Å²) in [6, 6.07) is 12.7. The largest absolute Gasteiger partial charge is 0.462 e. The highest BCUT2D eigenvalue weighted by Crippen LogP contribution is 2.25. The summed E-state index contributed by atoms with van der Waals surface area (Å²) in [5.74, 6) is -0.927. The summed E-state index contributed by atoms with van der Waals surface area (Å²) in [5, 5.41) is 0. The molecule has 2 rings (SSSR count).